The molecule has 0 bridgehead atoms. The number of hydrogen-bond acceptors (Lipinski definition) is 0. The quantitative estimate of drug-likeness (QED) is 0.505. The lowest BCUT2D eigenvalue weighted by molar-refractivity contribution is 0.260. The van der Waals surface area contributed by atoms with Crippen LogP contribution in [0.4, 0.5) is 0 Å². The monoisotopic (exact) mass is 182 g/mol. The van der Waals surface area contributed by atoms with Crippen LogP contribution in [0.1, 0.15) is 72.6 Å². The first-order valence-corrected chi connectivity index (χ1v) is 6.12. The summed E-state index contributed by atoms with van der Waals surface area (Å²) in [5.74, 6) is 0. The van der Waals surface area contributed by atoms with Gasteiger partial charge in [-0.1, -0.05) is 40.5 Å². The second-order valence-corrected chi connectivity index (χ2v) is 5.55. The van der Waals surface area contributed by atoms with E-state index in [1.807, 2.05) is 13.8 Å². The first-order valence-electron chi connectivity index (χ1n) is 6.12. The summed E-state index contributed by atoms with van der Waals surface area (Å²) in [6.45, 7) is 8.89. The molecule has 2 saturated carbocycles. The molecule has 13 heavy (non-hydrogen) atoms. The highest BCUT2D eigenvalue weighted by Gasteiger charge is 2.44. The maximum absolute atomic E-state index is 2.44. The minimum absolute atomic E-state index is 0.671. The van der Waals surface area contributed by atoms with Crippen molar-refractivity contribution < 1.29 is 0 Å². The molecule has 2 aliphatic carbocycles. The van der Waals surface area contributed by atoms with Crippen LogP contribution in [0.3, 0.4) is 0 Å². The van der Waals surface area contributed by atoms with Gasteiger partial charge in [-0.05, 0) is 42.9 Å². The fourth-order valence-corrected chi connectivity index (χ4v) is 3.35. The molecule has 0 nitrogen and oxygen atoms in total. The Balaban J connectivity index is 0.000000396. The largest absolute Gasteiger partial charge is 0.0683 e. The van der Waals surface area contributed by atoms with Crippen molar-refractivity contribution in [2.75, 3.05) is 0 Å². The Labute approximate surface area is 84.1 Å². The molecule has 0 aromatic carbocycles. The minimum Gasteiger partial charge on any atom is -0.0683 e. The molecule has 0 N–H and O–H groups in total. The molecule has 1 spiro atoms. The molecule has 78 valence electrons. The molecule has 0 atom stereocenters. The van der Waals surface area contributed by atoms with Crippen LogP contribution in [0.5, 0.6) is 0 Å². The van der Waals surface area contributed by atoms with E-state index in [0.717, 1.165) is 5.41 Å². The van der Waals surface area contributed by atoms with E-state index in [9.17, 15) is 0 Å². The first-order chi connectivity index (χ1) is 6.12. The zero-order chi connectivity index (χ0) is 9.95. The van der Waals surface area contributed by atoms with E-state index in [-0.39, 0.29) is 0 Å². The highest BCUT2D eigenvalue weighted by atomic mass is 14.5. The molecule has 2 rings (SSSR count). The lowest BCUT2D eigenvalue weighted by Gasteiger charge is -2.25. The van der Waals surface area contributed by atoms with E-state index < -0.39 is 0 Å². The van der Waals surface area contributed by atoms with Crippen LogP contribution in [-0.2, 0) is 0 Å². The summed E-state index contributed by atoms with van der Waals surface area (Å²) < 4.78 is 0. The molecule has 0 aliphatic heterocycles. The zero-order valence-electron chi connectivity index (χ0n) is 9.95. The van der Waals surface area contributed by atoms with Crippen molar-refractivity contribution in [3.05, 3.63) is 0 Å². The molecule has 0 saturated heterocycles. The third kappa shape index (κ3) is 2.48. The lowest BCUT2D eigenvalue weighted by atomic mass is 9.80. The Morgan fingerprint density at radius 2 is 1.31 bits per heavy atom. The molecule has 0 aromatic rings. The summed E-state index contributed by atoms with van der Waals surface area (Å²) in [5, 5.41) is 0. The van der Waals surface area contributed by atoms with E-state index in [1.165, 1.54) is 44.9 Å². The van der Waals surface area contributed by atoms with Gasteiger partial charge in [0, 0.05) is 0 Å². The predicted octanol–water partition coefficient (Wildman–Crippen LogP) is 4.78. The van der Waals surface area contributed by atoms with Crippen molar-refractivity contribution in [3.63, 3.8) is 0 Å². The highest BCUT2D eigenvalue weighted by molar-refractivity contribution is 4.95. The Morgan fingerprint density at radius 1 is 0.769 bits per heavy atom. The van der Waals surface area contributed by atoms with Crippen LogP contribution in [0, 0.1) is 10.8 Å². The third-order valence-electron chi connectivity index (χ3n) is 3.85. The Bertz CT molecular complexity index is 149. The smallest absolute Gasteiger partial charge is 0.0292 e. The molecular formula is C13H26. The summed E-state index contributed by atoms with van der Waals surface area (Å²) in [4.78, 5) is 0. The maximum Gasteiger partial charge on any atom is -0.0292 e. The fraction of sp³-hybridized carbons (Fsp3) is 1.00. The van der Waals surface area contributed by atoms with Gasteiger partial charge in [-0.2, -0.15) is 0 Å². The minimum atomic E-state index is 0.671. The van der Waals surface area contributed by atoms with Crippen LogP contribution >= 0.6 is 0 Å². The molecule has 0 amide bonds. The first kappa shape index (κ1) is 11.1. The van der Waals surface area contributed by atoms with Gasteiger partial charge in [0.05, 0.1) is 0 Å². The predicted molar refractivity (Wildman–Crippen MR) is 59.9 cm³/mol. The SMILES string of the molecule is CC.CC1(C)CCC2(CCCC2)C1. The van der Waals surface area contributed by atoms with Crippen molar-refractivity contribution in [1.29, 1.82) is 0 Å². The third-order valence-corrected chi connectivity index (χ3v) is 3.85. The van der Waals surface area contributed by atoms with Crippen molar-refractivity contribution in [2.24, 2.45) is 10.8 Å². The summed E-state index contributed by atoms with van der Waals surface area (Å²) >= 11 is 0. The van der Waals surface area contributed by atoms with E-state index in [2.05, 4.69) is 13.8 Å². The second-order valence-electron chi connectivity index (χ2n) is 5.55. The summed E-state index contributed by atoms with van der Waals surface area (Å²) in [5.41, 5.74) is 1.49. The number of rotatable bonds is 0. The second kappa shape index (κ2) is 4.02. The summed E-state index contributed by atoms with van der Waals surface area (Å²) in [7, 11) is 0. The van der Waals surface area contributed by atoms with Gasteiger partial charge in [0.25, 0.3) is 0 Å². The summed E-state index contributed by atoms with van der Waals surface area (Å²) in [6, 6.07) is 0. The molecule has 0 unspecified atom stereocenters. The van der Waals surface area contributed by atoms with Gasteiger partial charge in [-0.3, -0.25) is 0 Å². The molecule has 0 heterocycles. The topological polar surface area (TPSA) is 0 Å². The van der Waals surface area contributed by atoms with E-state index >= 15 is 0 Å². The summed E-state index contributed by atoms with van der Waals surface area (Å²) in [6.07, 6.45) is 10.6. The van der Waals surface area contributed by atoms with E-state index in [4.69, 9.17) is 0 Å². The van der Waals surface area contributed by atoms with Crippen molar-refractivity contribution in [3.8, 4) is 0 Å². The Hall–Kier alpha value is 0. The maximum atomic E-state index is 2.44. The van der Waals surface area contributed by atoms with Gasteiger partial charge in [0.1, 0.15) is 0 Å². The molecule has 2 fully saturated rings. The molecule has 0 heteroatoms. The average molecular weight is 182 g/mol. The lowest BCUT2D eigenvalue weighted by Crippen LogP contribution is -2.14. The molecule has 2 aliphatic rings. The van der Waals surface area contributed by atoms with Gasteiger partial charge >= 0.3 is 0 Å². The zero-order valence-corrected chi connectivity index (χ0v) is 9.95. The van der Waals surface area contributed by atoms with Crippen molar-refractivity contribution >= 4 is 0 Å². The highest BCUT2D eigenvalue weighted by Crippen LogP contribution is 2.56. The average Bonchev–Trinajstić information content (AvgIpc) is 2.65. The van der Waals surface area contributed by atoms with Crippen LogP contribution in [0.15, 0.2) is 0 Å². The van der Waals surface area contributed by atoms with Crippen molar-refractivity contribution in [2.45, 2.75) is 72.6 Å². The van der Waals surface area contributed by atoms with Crippen LogP contribution in [-0.4, -0.2) is 0 Å². The van der Waals surface area contributed by atoms with Gasteiger partial charge in [-0.25, -0.2) is 0 Å². The normalized spacial score (nSPS) is 28.6. The van der Waals surface area contributed by atoms with Crippen LogP contribution in [0.2, 0.25) is 0 Å². The van der Waals surface area contributed by atoms with E-state index in [1.54, 1.807) is 0 Å². The fourth-order valence-electron chi connectivity index (χ4n) is 3.35. The van der Waals surface area contributed by atoms with E-state index in [0.29, 0.717) is 5.41 Å². The van der Waals surface area contributed by atoms with Gasteiger partial charge in [0.15, 0.2) is 0 Å². The molecule has 0 aromatic heterocycles. The Morgan fingerprint density at radius 3 is 1.69 bits per heavy atom. The van der Waals surface area contributed by atoms with Crippen LogP contribution in [0.25, 0.3) is 0 Å². The van der Waals surface area contributed by atoms with Gasteiger partial charge in [0.2, 0.25) is 0 Å². The van der Waals surface area contributed by atoms with Gasteiger partial charge < -0.3 is 0 Å². The van der Waals surface area contributed by atoms with Crippen molar-refractivity contribution in [1.82, 2.24) is 0 Å². The molecular weight excluding hydrogens is 156 g/mol. The number of hydrogen-bond donors (Lipinski definition) is 0. The van der Waals surface area contributed by atoms with Crippen LogP contribution < -0.4 is 0 Å². The standard InChI is InChI=1S/C11H20.C2H6/c1-10(2)7-8-11(9-10)5-3-4-6-11;1-2/h3-9H2,1-2H3;1-2H3. The van der Waals surface area contributed by atoms with Gasteiger partial charge in [-0.15, -0.1) is 0 Å². The molecule has 0 radical (unpaired) electrons. The Kier molecular flexibility index (Phi) is 3.43.